The molecule has 0 spiro atoms. The maximum Gasteiger partial charge on any atom is 0.339 e. The highest BCUT2D eigenvalue weighted by Gasteiger charge is 2.20. The topological polar surface area (TPSA) is 82.3 Å². The molecule has 0 saturated heterocycles. The predicted molar refractivity (Wildman–Crippen MR) is 84.6 cm³/mol. The number of esters is 1. The zero-order chi connectivity index (χ0) is 16.1. The molecule has 22 heavy (non-hydrogen) atoms. The van der Waals surface area contributed by atoms with Crippen LogP contribution in [-0.2, 0) is 22.4 Å². The summed E-state index contributed by atoms with van der Waals surface area (Å²) in [4.78, 5) is 28.0. The van der Waals surface area contributed by atoms with Crippen molar-refractivity contribution in [3.8, 4) is 0 Å². The van der Waals surface area contributed by atoms with Crippen LogP contribution in [0.25, 0.3) is 10.9 Å². The molecule has 1 amide bonds. The first-order valence-corrected chi connectivity index (χ1v) is 7.44. The Morgan fingerprint density at radius 1 is 1.23 bits per heavy atom. The van der Waals surface area contributed by atoms with Crippen LogP contribution in [0.2, 0.25) is 0 Å². The highest BCUT2D eigenvalue weighted by molar-refractivity contribution is 6.05. The molecular formula is C17H20N2O3. The van der Waals surface area contributed by atoms with Gasteiger partial charge in [0.2, 0.25) is 0 Å². The van der Waals surface area contributed by atoms with Gasteiger partial charge in [0.05, 0.1) is 11.1 Å². The number of aryl methyl sites for hydroxylation is 1. The highest BCUT2D eigenvalue weighted by atomic mass is 16.5. The summed E-state index contributed by atoms with van der Waals surface area (Å²) in [7, 11) is 0. The summed E-state index contributed by atoms with van der Waals surface area (Å²) in [5, 5.41) is 0.744. The van der Waals surface area contributed by atoms with Crippen molar-refractivity contribution in [3.63, 3.8) is 0 Å². The fraction of sp³-hybridized carbons (Fsp3) is 0.353. The van der Waals surface area contributed by atoms with Gasteiger partial charge in [0.25, 0.3) is 5.91 Å². The number of fused-ring (bicyclic) bond motifs is 1. The van der Waals surface area contributed by atoms with Gasteiger partial charge in [0, 0.05) is 11.1 Å². The Hall–Kier alpha value is -2.43. The lowest BCUT2D eigenvalue weighted by Gasteiger charge is -2.15. The molecule has 1 heterocycles. The third-order valence-corrected chi connectivity index (χ3v) is 3.47. The van der Waals surface area contributed by atoms with E-state index in [9.17, 15) is 9.59 Å². The summed E-state index contributed by atoms with van der Waals surface area (Å²) in [5.74, 6) is -1.19. The van der Waals surface area contributed by atoms with Crippen molar-refractivity contribution in [2.24, 2.45) is 5.73 Å². The van der Waals surface area contributed by atoms with Gasteiger partial charge in [-0.3, -0.25) is 9.78 Å². The van der Waals surface area contributed by atoms with E-state index in [1.165, 1.54) is 0 Å². The molecular weight excluding hydrogens is 280 g/mol. The predicted octanol–water partition coefficient (Wildman–Crippen LogP) is 2.39. The fourth-order valence-corrected chi connectivity index (χ4v) is 2.57. The van der Waals surface area contributed by atoms with E-state index in [1.54, 1.807) is 0 Å². The van der Waals surface area contributed by atoms with Crippen LogP contribution in [0.15, 0.2) is 24.3 Å². The van der Waals surface area contributed by atoms with Crippen LogP contribution in [0, 0.1) is 0 Å². The van der Waals surface area contributed by atoms with E-state index >= 15 is 0 Å². The van der Waals surface area contributed by atoms with Gasteiger partial charge in [-0.1, -0.05) is 38.5 Å². The molecule has 0 atom stereocenters. The van der Waals surface area contributed by atoms with Crippen LogP contribution >= 0.6 is 0 Å². The minimum atomic E-state index is -0.668. The number of benzene rings is 1. The first-order chi connectivity index (χ1) is 10.6. The lowest BCUT2D eigenvalue weighted by atomic mass is 9.96. The van der Waals surface area contributed by atoms with E-state index in [0.717, 1.165) is 35.0 Å². The Balaban J connectivity index is 2.61. The smallest absolute Gasteiger partial charge is 0.339 e. The van der Waals surface area contributed by atoms with Gasteiger partial charge in [-0.2, -0.15) is 0 Å². The van der Waals surface area contributed by atoms with Gasteiger partial charge in [0.15, 0.2) is 6.61 Å². The van der Waals surface area contributed by atoms with E-state index in [0.29, 0.717) is 12.0 Å². The highest BCUT2D eigenvalue weighted by Crippen LogP contribution is 2.26. The van der Waals surface area contributed by atoms with Crippen molar-refractivity contribution < 1.29 is 14.3 Å². The van der Waals surface area contributed by atoms with Crippen molar-refractivity contribution in [2.45, 2.75) is 33.1 Å². The Morgan fingerprint density at radius 2 is 1.95 bits per heavy atom. The summed E-state index contributed by atoms with van der Waals surface area (Å²) >= 11 is 0. The number of carbonyl (C=O) groups excluding carboxylic acids is 2. The second kappa shape index (κ2) is 7.02. The Morgan fingerprint density at radius 3 is 2.59 bits per heavy atom. The third-order valence-electron chi connectivity index (χ3n) is 3.47. The van der Waals surface area contributed by atoms with Crippen molar-refractivity contribution in [3.05, 3.63) is 41.1 Å². The Labute approximate surface area is 129 Å². The fourth-order valence-electron chi connectivity index (χ4n) is 2.57. The number of ether oxygens (including phenoxy) is 1. The quantitative estimate of drug-likeness (QED) is 0.830. The van der Waals surface area contributed by atoms with E-state index < -0.39 is 18.5 Å². The molecule has 2 N–H and O–H groups in total. The molecule has 0 saturated carbocycles. The maximum atomic E-state index is 12.4. The first-order valence-electron chi connectivity index (χ1n) is 7.44. The molecule has 0 aliphatic carbocycles. The van der Waals surface area contributed by atoms with Gasteiger partial charge in [-0.15, -0.1) is 0 Å². The molecule has 0 aliphatic rings. The number of hydrogen-bond acceptors (Lipinski definition) is 4. The number of nitrogens with zero attached hydrogens (tertiary/aromatic N) is 1. The molecule has 5 nitrogen and oxygen atoms in total. The molecule has 2 rings (SSSR count). The summed E-state index contributed by atoms with van der Waals surface area (Å²) < 4.78 is 5.03. The third kappa shape index (κ3) is 3.24. The molecule has 0 fully saturated rings. The van der Waals surface area contributed by atoms with Crippen molar-refractivity contribution >= 4 is 22.8 Å². The minimum Gasteiger partial charge on any atom is -0.452 e. The maximum absolute atomic E-state index is 12.4. The molecule has 0 bridgehead atoms. The van der Waals surface area contributed by atoms with Gasteiger partial charge in [-0.25, -0.2) is 4.79 Å². The van der Waals surface area contributed by atoms with Crippen LogP contribution < -0.4 is 5.73 Å². The number of carbonyl (C=O) groups is 2. The average molecular weight is 300 g/mol. The van der Waals surface area contributed by atoms with Crippen LogP contribution in [-0.4, -0.2) is 23.5 Å². The SMILES string of the molecule is CCCc1nc2ccccc2c(C(=O)OCC(N)=O)c1CC. The lowest BCUT2D eigenvalue weighted by molar-refractivity contribution is -0.121. The standard InChI is InChI=1S/C17H20N2O3/c1-3-7-13-11(4-2)16(17(21)22-10-15(18)20)12-8-5-6-9-14(12)19-13/h5-6,8-9H,3-4,7,10H2,1-2H3,(H2,18,20). The summed E-state index contributed by atoms with van der Waals surface area (Å²) in [6.07, 6.45) is 2.41. The molecule has 116 valence electrons. The zero-order valence-electron chi connectivity index (χ0n) is 12.9. The number of pyridine rings is 1. The van der Waals surface area contributed by atoms with Gasteiger partial charge in [0.1, 0.15) is 0 Å². The monoisotopic (exact) mass is 300 g/mol. The van der Waals surface area contributed by atoms with E-state index in [1.807, 2.05) is 31.2 Å². The van der Waals surface area contributed by atoms with Crippen LogP contribution in [0.5, 0.6) is 0 Å². The summed E-state index contributed by atoms with van der Waals surface area (Å²) in [6, 6.07) is 7.46. The molecule has 5 heteroatoms. The molecule has 0 aliphatic heterocycles. The molecule has 1 aromatic heterocycles. The number of aromatic nitrogens is 1. The van der Waals surface area contributed by atoms with Crippen LogP contribution in [0.3, 0.4) is 0 Å². The van der Waals surface area contributed by atoms with Crippen molar-refractivity contribution in [1.29, 1.82) is 0 Å². The summed E-state index contributed by atoms with van der Waals surface area (Å²) in [5.41, 5.74) is 8.10. The largest absolute Gasteiger partial charge is 0.452 e. The normalized spacial score (nSPS) is 10.6. The summed E-state index contributed by atoms with van der Waals surface area (Å²) in [6.45, 7) is 3.64. The van der Waals surface area contributed by atoms with Gasteiger partial charge < -0.3 is 10.5 Å². The molecule has 0 radical (unpaired) electrons. The second-order valence-electron chi connectivity index (χ2n) is 5.08. The molecule has 1 aromatic carbocycles. The lowest BCUT2D eigenvalue weighted by Crippen LogP contribution is -2.22. The van der Waals surface area contributed by atoms with Crippen LogP contribution in [0.4, 0.5) is 0 Å². The van der Waals surface area contributed by atoms with Crippen LogP contribution in [0.1, 0.15) is 41.9 Å². The Kier molecular flexibility index (Phi) is 5.09. The zero-order valence-corrected chi connectivity index (χ0v) is 12.9. The van der Waals surface area contributed by atoms with E-state index in [-0.39, 0.29) is 0 Å². The van der Waals surface area contributed by atoms with E-state index in [4.69, 9.17) is 10.5 Å². The number of para-hydroxylation sites is 1. The van der Waals surface area contributed by atoms with Crippen molar-refractivity contribution in [1.82, 2.24) is 4.98 Å². The van der Waals surface area contributed by atoms with Gasteiger partial charge >= 0.3 is 5.97 Å². The van der Waals surface area contributed by atoms with Gasteiger partial charge in [-0.05, 0) is 24.5 Å². The number of primary amides is 1. The average Bonchev–Trinajstić information content (AvgIpc) is 2.51. The second-order valence-corrected chi connectivity index (χ2v) is 5.08. The molecule has 2 aromatic rings. The number of rotatable bonds is 6. The minimum absolute atomic E-state index is 0.415. The number of nitrogens with two attached hydrogens (primary N) is 1. The van der Waals surface area contributed by atoms with Crippen molar-refractivity contribution in [2.75, 3.05) is 6.61 Å². The number of hydrogen-bond donors (Lipinski definition) is 1. The number of amides is 1. The Bertz CT molecular complexity index is 710. The first kappa shape index (κ1) is 15.9. The van der Waals surface area contributed by atoms with E-state index in [2.05, 4.69) is 11.9 Å². The molecule has 0 unspecified atom stereocenters.